The second-order valence-electron chi connectivity index (χ2n) is 1.93. The molecule has 72 valence electrons. The van der Waals surface area contributed by atoms with Crippen molar-refractivity contribution in [2.24, 2.45) is 0 Å². The van der Waals surface area contributed by atoms with E-state index in [1.165, 1.54) is 0 Å². The first-order valence-electron chi connectivity index (χ1n) is 3.46. The van der Waals surface area contributed by atoms with Crippen molar-refractivity contribution in [2.75, 3.05) is 13.2 Å². The van der Waals surface area contributed by atoms with Gasteiger partial charge in [0.15, 0.2) is 0 Å². The Morgan fingerprint density at radius 1 is 1.15 bits per heavy atom. The van der Waals surface area contributed by atoms with Crippen LogP contribution in [0, 0.1) is 22.7 Å². The Kier molecular flexibility index (Phi) is 6.13. The Hall–Kier alpha value is -0.910. The van der Waals surface area contributed by atoms with Crippen molar-refractivity contribution in [1.29, 1.82) is 10.5 Å². The van der Waals surface area contributed by atoms with Crippen LogP contribution >= 0.6 is 7.82 Å². The second-order valence-corrected chi connectivity index (χ2v) is 3.34. The summed E-state index contributed by atoms with van der Waals surface area (Å²) in [5.74, 6) is 0. The highest BCUT2D eigenvalue weighted by Crippen LogP contribution is 2.38. The highest BCUT2D eigenvalue weighted by atomic mass is 31.2. The van der Waals surface area contributed by atoms with Crippen LogP contribution in [-0.2, 0) is 13.6 Å². The van der Waals surface area contributed by atoms with Gasteiger partial charge in [0.05, 0.1) is 38.2 Å². The summed E-state index contributed by atoms with van der Waals surface area (Å²) in [7, 11) is -4.30. The zero-order chi connectivity index (χ0) is 10.2. The quantitative estimate of drug-likeness (QED) is 0.454. The molecule has 0 bridgehead atoms. The summed E-state index contributed by atoms with van der Waals surface area (Å²) in [5.41, 5.74) is 0. The number of hydrogen-bond donors (Lipinski definition) is 0. The molecule has 0 aromatic heterocycles. The maximum atomic E-state index is 10.7. The van der Waals surface area contributed by atoms with E-state index in [2.05, 4.69) is 9.05 Å². The van der Waals surface area contributed by atoms with E-state index < -0.39 is 7.82 Å². The molecule has 6 nitrogen and oxygen atoms in total. The number of hydrogen-bond acceptors (Lipinski definition) is 6. The molecule has 0 aromatic carbocycles. The smallest absolute Gasteiger partial charge is 0.267 e. The Morgan fingerprint density at radius 3 is 1.85 bits per heavy atom. The lowest BCUT2D eigenvalue weighted by molar-refractivity contribution is -0.225. The van der Waals surface area contributed by atoms with Crippen LogP contribution in [-0.4, -0.2) is 13.2 Å². The molecule has 0 radical (unpaired) electrons. The van der Waals surface area contributed by atoms with Crippen molar-refractivity contribution in [2.45, 2.75) is 12.8 Å². The molecule has 0 aromatic rings. The summed E-state index contributed by atoms with van der Waals surface area (Å²) in [6.45, 7) is -0.437. The normalized spacial score (nSPS) is 10.4. The van der Waals surface area contributed by atoms with Crippen LogP contribution in [0.4, 0.5) is 0 Å². The number of rotatable bonds is 6. The van der Waals surface area contributed by atoms with Crippen molar-refractivity contribution in [3.05, 3.63) is 0 Å². The van der Waals surface area contributed by atoms with Crippen molar-refractivity contribution in [3.63, 3.8) is 0 Å². The fourth-order valence-corrected chi connectivity index (χ4v) is 1.15. The van der Waals surface area contributed by atoms with Gasteiger partial charge >= 0.3 is 0 Å². The standard InChI is InChI=1S/C6H9N2O4P/c7-3-1-5-11-13(9,10)12-6-2-4-8/h1-2,5-6H2,(H,9,10)/p-1. The molecule has 0 aliphatic carbocycles. The fraction of sp³-hybridized carbons (Fsp3) is 0.667. The molecule has 0 amide bonds. The second kappa shape index (κ2) is 6.59. The van der Waals surface area contributed by atoms with Gasteiger partial charge in [-0.25, -0.2) is 0 Å². The number of phosphoric acid groups is 1. The van der Waals surface area contributed by atoms with Gasteiger partial charge in [-0.15, -0.1) is 0 Å². The largest absolute Gasteiger partial charge is 0.756 e. The van der Waals surface area contributed by atoms with Gasteiger partial charge in [-0.1, -0.05) is 0 Å². The van der Waals surface area contributed by atoms with Crippen LogP contribution in [0.25, 0.3) is 0 Å². The van der Waals surface area contributed by atoms with E-state index in [4.69, 9.17) is 10.5 Å². The SMILES string of the molecule is N#CCCOP(=O)([O-])OCCC#N. The molecule has 0 unspecified atom stereocenters. The summed E-state index contributed by atoms with van der Waals surface area (Å²) in [6.07, 6.45) is -0.0400. The zero-order valence-electron chi connectivity index (χ0n) is 6.80. The number of nitriles is 2. The van der Waals surface area contributed by atoms with E-state index in [-0.39, 0.29) is 26.1 Å². The van der Waals surface area contributed by atoms with Gasteiger partial charge in [0.2, 0.25) is 0 Å². The lowest BCUT2D eigenvalue weighted by Gasteiger charge is -2.21. The molecule has 0 spiro atoms. The minimum atomic E-state index is -4.30. The van der Waals surface area contributed by atoms with E-state index >= 15 is 0 Å². The maximum Gasteiger partial charge on any atom is 0.267 e. The predicted octanol–water partition coefficient (Wildman–Crippen LogP) is 0.315. The third-order valence-corrected chi connectivity index (χ3v) is 1.92. The van der Waals surface area contributed by atoms with Crippen LogP contribution in [0.3, 0.4) is 0 Å². The number of nitrogens with zero attached hydrogens (tertiary/aromatic N) is 2. The van der Waals surface area contributed by atoms with E-state index in [9.17, 15) is 9.46 Å². The average molecular weight is 203 g/mol. The van der Waals surface area contributed by atoms with Crippen LogP contribution < -0.4 is 4.89 Å². The first-order chi connectivity index (χ1) is 6.12. The van der Waals surface area contributed by atoms with Crippen molar-refractivity contribution >= 4 is 7.82 Å². The summed E-state index contributed by atoms with van der Waals surface area (Å²) < 4.78 is 19.3. The van der Waals surface area contributed by atoms with Gasteiger partial charge in [-0.2, -0.15) is 10.5 Å². The highest BCUT2D eigenvalue weighted by molar-refractivity contribution is 7.45. The molecule has 0 atom stereocenters. The molecule has 0 aliphatic rings. The van der Waals surface area contributed by atoms with E-state index in [1.807, 2.05) is 0 Å². The van der Waals surface area contributed by atoms with E-state index in [0.29, 0.717) is 0 Å². The van der Waals surface area contributed by atoms with Crippen LogP contribution in [0.5, 0.6) is 0 Å². The summed E-state index contributed by atoms with van der Waals surface area (Å²) >= 11 is 0. The molecular formula is C6H8N2O4P-. The third-order valence-electron chi connectivity index (χ3n) is 0.927. The highest BCUT2D eigenvalue weighted by Gasteiger charge is 2.07. The van der Waals surface area contributed by atoms with Crippen LogP contribution in [0.2, 0.25) is 0 Å². The first-order valence-corrected chi connectivity index (χ1v) is 4.92. The molecule has 0 saturated heterocycles. The summed E-state index contributed by atoms with van der Waals surface area (Å²) in [6, 6.07) is 3.43. The van der Waals surface area contributed by atoms with Gasteiger partial charge in [0.1, 0.15) is 0 Å². The molecule has 13 heavy (non-hydrogen) atoms. The maximum absolute atomic E-state index is 10.7. The monoisotopic (exact) mass is 203 g/mol. The molecule has 0 saturated carbocycles. The predicted molar refractivity (Wildman–Crippen MR) is 40.0 cm³/mol. The Labute approximate surface area is 75.9 Å². The lowest BCUT2D eigenvalue weighted by atomic mass is 10.5. The average Bonchev–Trinajstić information content (AvgIpc) is 2.05. The lowest BCUT2D eigenvalue weighted by Crippen LogP contribution is -2.09. The van der Waals surface area contributed by atoms with E-state index in [1.54, 1.807) is 12.1 Å². The van der Waals surface area contributed by atoms with Crippen molar-refractivity contribution < 1.29 is 18.5 Å². The van der Waals surface area contributed by atoms with Crippen LogP contribution in [0.15, 0.2) is 0 Å². The van der Waals surface area contributed by atoms with Crippen molar-refractivity contribution in [1.82, 2.24) is 0 Å². The van der Waals surface area contributed by atoms with E-state index in [0.717, 1.165) is 0 Å². The van der Waals surface area contributed by atoms with Crippen molar-refractivity contribution in [3.8, 4) is 12.1 Å². The van der Waals surface area contributed by atoms with Crippen LogP contribution in [0.1, 0.15) is 12.8 Å². The molecule has 7 heteroatoms. The van der Waals surface area contributed by atoms with Gasteiger partial charge in [0, 0.05) is 0 Å². The minimum absolute atomic E-state index is 0.0200. The van der Waals surface area contributed by atoms with Gasteiger partial charge in [-0.05, 0) is 0 Å². The number of phosphoric ester groups is 1. The fourth-order valence-electron chi connectivity index (χ4n) is 0.443. The molecule has 0 heterocycles. The van der Waals surface area contributed by atoms with Gasteiger partial charge in [-0.3, -0.25) is 4.57 Å². The Bertz CT molecular complexity index is 243. The van der Waals surface area contributed by atoms with Gasteiger partial charge in [0.25, 0.3) is 7.82 Å². The zero-order valence-corrected chi connectivity index (χ0v) is 7.70. The molecular weight excluding hydrogens is 195 g/mol. The summed E-state index contributed by atoms with van der Waals surface area (Å²) in [4.78, 5) is 10.7. The topological polar surface area (TPSA) is 106 Å². The Morgan fingerprint density at radius 2 is 1.54 bits per heavy atom. The van der Waals surface area contributed by atoms with Gasteiger partial charge < -0.3 is 13.9 Å². The molecule has 0 N–H and O–H groups in total. The molecule has 0 rings (SSSR count). The summed E-state index contributed by atoms with van der Waals surface area (Å²) in [5, 5.41) is 16.1. The molecule has 0 aliphatic heterocycles. The first kappa shape index (κ1) is 12.1. The third kappa shape index (κ3) is 7.45. The minimum Gasteiger partial charge on any atom is -0.756 e. The molecule has 0 fully saturated rings. The Balaban J connectivity index is 3.63.